The first-order valence-corrected chi connectivity index (χ1v) is 8.74. The third-order valence-corrected chi connectivity index (χ3v) is 4.36. The van der Waals surface area contributed by atoms with Crippen LogP contribution in [-0.2, 0) is 20.7 Å². The molecular weight excluding hydrogens is 308 g/mol. The standard InChI is InChI=1S/C17H26N4O3/c1-2-24-16(22)13-4-5-14-15(12-13)20-17(19-14)18-6-3-7-21-8-10-23-11-9-21/h4-5,13H,2-3,6-12H2,1H3,(H2,18,19,20). The van der Waals surface area contributed by atoms with Gasteiger partial charge in [0, 0.05) is 31.7 Å². The topological polar surface area (TPSA) is 79.5 Å². The maximum absolute atomic E-state index is 11.8. The van der Waals surface area contributed by atoms with Crippen LogP contribution in [0.3, 0.4) is 0 Å². The summed E-state index contributed by atoms with van der Waals surface area (Å²) in [6, 6.07) is 0. The van der Waals surface area contributed by atoms with E-state index >= 15 is 0 Å². The number of morpholine rings is 1. The highest BCUT2D eigenvalue weighted by Gasteiger charge is 2.24. The molecule has 3 rings (SSSR count). The van der Waals surface area contributed by atoms with Crippen LogP contribution in [0.4, 0.5) is 5.95 Å². The Morgan fingerprint density at radius 1 is 1.50 bits per heavy atom. The van der Waals surface area contributed by atoms with Crippen LogP contribution in [-0.4, -0.2) is 66.8 Å². The molecule has 0 spiro atoms. The highest BCUT2D eigenvalue weighted by atomic mass is 16.5. The number of nitrogens with zero attached hydrogens (tertiary/aromatic N) is 2. The van der Waals surface area contributed by atoms with E-state index in [1.807, 2.05) is 19.1 Å². The highest BCUT2D eigenvalue weighted by molar-refractivity contribution is 5.77. The maximum Gasteiger partial charge on any atom is 0.313 e. The van der Waals surface area contributed by atoms with Gasteiger partial charge in [0.1, 0.15) is 0 Å². The minimum Gasteiger partial charge on any atom is -0.466 e. The van der Waals surface area contributed by atoms with Crippen LogP contribution in [0.1, 0.15) is 24.7 Å². The zero-order valence-electron chi connectivity index (χ0n) is 14.2. The van der Waals surface area contributed by atoms with Crippen LogP contribution >= 0.6 is 0 Å². The van der Waals surface area contributed by atoms with Crippen LogP contribution in [0.2, 0.25) is 0 Å². The second-order valence-corrected chi connectivity index (χ2v) is 6.11. The molecule has 1 aliphatic heterocycles. The van der Waals surface area contributed by atoms with Gasteiger partial charge in [0.25, 0.3) is 0 Å². The molecule has 7 heteroatoms. The summed E-state index contributed by atoms with van der Waals surface area (Å²) in [4.78, 5) is 22.1. The molecule has 2 N–H and O–H groups in total. The minimum absolute atomic E-state index is 0.172. The summed E-state index contributed by atoms with van der Waals surface area (Å²) in [6.07, 6.45) is 5.46. The van der Waals surface area contributed by atoms with Crippen molar-refractivity contribution < 1.29 is 14.3 Å². The molecule has 1 unspecified atom stereocenters. The summed E-state index contributed by atoms with van der Waals surface area (Å²) in [5.41, 5.74) is 1.90. The SMILES string of the molecule is CCOC(=O)C1C=Cc2nc(NCCCN3CCOCC3)[nH]c2C1. The third-order valence-electron chi connectivity index (χ3n) is 4.36. The zero-order valence-corrected chi connectivity index (χ0v) is 14.2. The number of esters is 1. The number of aromatic amines is 1. The fourth-order valence-electron chi connectivity index (χ4n) is 3.04. The van der Waals surface area contributed by atoms with E-state index in [4.69, 9.17) is 9.47 Å². The Hall–Kier alpha value is -1.86. The molecule has 1 atom stereocenters. The molecule has 0 saturated carbocycles. The molecule has 24 heavy (non-hydrogen) atoms. The van der Waals surface area contributed by atoms with Crippen molar-refractivity contribution in [2.75, 3.05) is 51.3 Å². The van der Waals surface area contributed by atoms with E-state index in [1.165, 1.54) is 0 Å². The molecule has 7 nitrogen and oxygen atoms in total. The van der Waals surface area contributed by atoms with E-state index < -0.39 is 0 Å². The molecule has 2 heterocycles. The number of anilines is 1. The number of ether oxygens (including phenoxy) is 2. The number of hydrogen-bond donors (Lipinski definition) is 2. The Morgan fingerprint density at radius 3 is 3.12 bits per heavy atom. The van der Waals surface area contributed by atoms with Crippen molar-refractivity contribution in [3.8, 4) is 0 Å². The average molecular weight is 334 g/mol. The Labute approximate surface area is 142 Å². The van der Waals surface area contributed by atoms with Crippen molar-refractivity contribution in [1.82, 2.24) is 14.9 Å². The summed E-state index contributed by atoms with van der Waals surface area (Å²) in [6.45, 7) is 7.90. The van der Waals surface area contributed by atoms with Gasteiger partial charge in [-0.1, -0.05) is 6.08 Å². The Morgan fingerprint density at radius 2 is 2.33 bits per heavy atom. The van der Waals surface area contributed by atoms with Gasteiger partial charge >= 0.3 is 5.97 Å². The number of H-pyrrole nitrogens is 1. The average Bonchev–Trinajstić information content (AvgIpc) is 3.02. The first-order valence-electron chi connectivity index (χ1n) is 8.74. The van der Waals surface area contributed by atoms with Crippen molar-refractivity contribution in [3.05, 3.63) is 17.5 Å². The monoisotopic (exact) mass is 334 g/mol. The summed E-state index contributed by atoms with van der Waals surface area (Å²) in [5, 5.41) is 3.34. The van der Waals surface area contributed by atoms with Crippen LogP contribution in [0.25, 0.3) is 6.08 Å². The molecule has 0 amide bonds. The van der Waals surface area contributed by atoms with Crippen molar-refractivity contribution in [2.45, 2.75) is 19.8 Å². The molecule has 1 aromatic heterocycles. The van der Waals surface area contributed by atoms with Gasteiger partial charge in [0.2, 0.25) is 5.95 Å². The van der Waals surface area contributed by atoms with Gasteiger partial charge in [0.05, 0.1) is 31.4 Å². The molecular formula is C17H26N4O3. The zero-order chi connectivity index (χ0) is 16.8. The molecule has 2 aliphatic rings. The van der Waals surface area contributed by atoms with E-state index in [0.717, 1.165) is 63.1 Å². The van der Waals surface area contributed by atoms with Gasteiger partial charge in [-0.25, -0.2) is 4.98 Å². The Kier molecular flexibility index (Phi) is 5.87. The summed E-state index contributed by atoms with van der Waals surface area (Å²) in [5.74, 6) is 0.386. The van der Waals surface area contributed by atoms with Crippen LogP contribution in [0.5, 0.6) is 0 Å². The number of carbonyl (C=O) groups is 1. The molecule has 1 aliphatic carbocycles. The molecule has 0 bridgehead atoms. The number of rotatable bonds is 7. The normalized spacial score (nSPS) is 20.6. The van der Waals surface area contributed by atoms with Crippen LogP contribution in [0, 0.1) is 5.92 Å². The van der Waals surface area contributed by atoms with Crippen LogP contribution in [0.15, 0.2) is 6.08 Å². The van der Waals surface area contributed by atoms with Gasteiger partial charge in [-0.3, -0.25) is 9.69 Å². The highest BCUT2D eigenvalue weighted by Crippen LogP contribution is 2.23. The van der Waals surface area contributed by atoms with Gasteiger partial charge in [0.15, 0.2) is 0 Å². The number of aromatic nitrogens is 2. The first-order chi connectivity index (χ1) is 11.8. The Balaban J connectivity index is 1.44. The molecule has 0 radical (unpaired) electrons. The van der Waals surface area contributed by atoms with Crippen molar-refractivity contribution in [2.24, 2.45) is 5.92 Å². The quantitative estimate of drug-likeness (QED) is 0.578. The number of fused-ring (bicyclic) bond motifs is 1. The number of nitrogens with one attached hydrogen (secondary N) is 2. The second-order valence-electron chi connectivity index (χ2n) is 6.11. The number of carbonyl (C=O) groups excluding carboxylic acids is 1. The van der Waals surface area contributed by atoms with Gasteiger partial charge in [-0.15, -0.1) is 0 Å². The molecule has 1 fully saturated rings. The second kappa shape index (κ2) is 8.30. The van der Waals surface area contributed by atoms with Crippen molar-refractivity contribution >= 4 is 18.0 Å². The van der Waals surface area contributed by atoms with Crippen LogP contribution < -0.4 is 5.32 Å². The van der Waals surface area contributed by atoms with E-state index in [9.17, 15) is 4.79 Å². The fourth-order valence-corrected chi connectivity index (χ4v) is 3.04. The lowest BCUT2D eigenvalue weighted by atomic mass is 9.97. The predicted molar refractivity (Wildman–Crippen MR) is 91.8 cm³/mol. The predicted octanol–water partition coefficient (Wildman–Crippen LogP) is 1.29. The maximum atomic E-state index is 11.8. The number of imidazole rings is 1. The molecule has 1 aromatic rings. The van der Waals surface area contributed by atoms with E-state index in [2.05, 4.69) is 20.2 Å². The van der Waals surface area contributed by atoms with E-state index in [0.29, 0.717) is 13.0 Å². The first kappa shape index (κ1) is 17.0. The van der Waals surface area contributed by atoms with Crippen molar-refractivity contribution in [3.63, 3.8) is 0 Å². The number of hydrogen-bond acceptors (Lipinski definition) is 6. The largest absolute Gasteiger partial charge is 0.466 e. The minimum atomic E-state index is -0.216. The van der Waals surface area contributed by atoms with E-state index in [-0.39, 0.29) is 11.9 Å². The van der Waals surface area contributed by atoms with Crippen molar-refractivity contribution in [1.29, 1.82) is 0 Å². The van der Waals surface area contributed by atoms with Gasteiger partial charge < -0.3 is 19.8 Å². The lowest BCUT2D eigenvalue weighted by Gasteiger charge is -2.26. The molecule has 132 valence electrons. The lowest BCUT2D eigenvalue weighted by Crippen LogP contribution is -2.37. The van der Waals surface area contributed by atoms with E-state index in [1.54, 1.807) is 0 Å². The van der Waals surface area contributed by atoms with Gasteiger partial charge in [-0.2, -0.15) is 0 Å². The van der Waals surface area contributed by atoms with Gasteiger partial charge in [-0.05, 0) is 26.0 Å². The summed E-state index contributed by atoms with van der Waals surface area (Å²) >= 11 is 0. The lowest BCUT2D eigenvalue weighted by molar-refractivity contribution is -0.146. The smallest absolute Gasteiger partial charge is 0.313 e. The summed E-state index contributed by atoms with van der Waals surface area (Å²) < 4.78 is 10.4. The Bertz CT molecular complexity index is 578. The summed E-state index contributed by atoms with van der Waals surface area (Å²) in [7, 11) is 0. The third kappa shape index (κ3) is 4.36. The fraction of sp³-hybridized carbons (Fsp3) is 0.647. The molecule has 0 aromatic carbocycles. The molecule has 1 saturated heterocycles.